The van der Waals surface area contributed by atoms with Gasteiger partial charge in [0.2, 0.25) is 0 Å². The highest BCUT2D eigenvalue weighted by molar-refractivity contribution is 6.13. The Hall–Kier alpha value is 0.210. The van der Waals surface area contributed by atoms with Crippen LogP contribution in [0.15, 0.2) is 0 Å². The molecule has 0 saturated carbocycles. The van der Waals surface area contributed by atoms with Crippen LogP contribution in [0.3, 0.4) is 0 Å². The maximum absolute atomic E-state index is 6.15. The van der Waals surface area contributed by atoms with E-state index in [1.807, 2.05) is 0 Å². The second-order valence-corrected chi connectivity index (χ2v) is 4.37. The fourth-order valence-electron chi connectivity index (χ4n) is 2.79. The lowest BCUT2D eigenvalue weighted by atomic mass is 9.80. The molecule has 62 valence electrons. The summed E-state index contributed by atoms with van der Waals surface area (Å²) in [5.41, 5.74) is 0. The zero-order valence-electron chi connectivity index (χ0n) is 6.37. The number of hydrogen-bond acceptors (Lipinski definition) is 2. The molecule has 0 spiro atoms. The van der Waals surface area contributed by atoms with E-state index in [0.717, 1.165) is 25.7 Å². The molecule has 0 amide bonds. The second kappa shape index (κ2) is 2.12. The molecule has 4 heterocycles. The van der Waals surface area contributed by atoms with Crippen LogP contribution in [0.4, 0.5) is 0 Å². The molecule has 4 rings (SSSR count). The molecule has 0 aromatic rings. The number of halogens is 1. The van der Waals surface area contributed by atoms with Crippen LogP contribution in [0.5, 0.6) is 0 Å². The van der Waals surface area contributed by atoms with Crippen LogP contribution in [-0.4, -0.2) is 28.7 Å². The van der Waals surface area contributed by atoms with Crippen molar-refractivity contribution in [2.45, 2.75) is 50.0 Å². The number of rotatable bonds is 0. The van der Waals surface area contributed by atoms with E-state index in [1.165, 1.54) is 0 Å². The van der Waals surface area contributed by atoms with E-state index in [-0.39, 0.29) is 0 Å². The normalized spacial score (nSPS) is 55.4. The predicted molar refractivity (Wildman–Crippen MR) is 42.4 cm³/mol. The van der Waals surface area contributed by atoms with Gasteiger partial charge in [0.05, 0.1) is 12.2 Å². The molecule has 3 heteroatoms. The van der Waals surface area contributed by atoms with Crippen LogP contribution in [0.25, 0.3) is 0 Å². The summed E-state index contributed by atoms with van der Waals surface area (Å²) in [7, 11) is 0. The van der Waals surface area contributed by atoms with Gasteiger partial charge in [-0.15, -0.1) is 0 Å². The quantitative estimate of drug-likeness (QED) is 0.516. The monoisotopic (exact) mass is 173 g/mol. The molecule has 0 N–H and O–H groups in total. The van der Waals surface area contributed by atoms with Crippen molar-refractivity contribution in [3.05, 3.63) is 0 Å². The van der Waals surface area contributed by atoms with E-state index in [1.54, 1.807) is 0 Å². The SMILES string of the molecule is ClN1C2CC3CC1CC(C2)O3. The average Bonchev–Trinajstić information content (AvgIpc) is 1.98. The van der Waals surface area contributed by atoms with Gasteiger partial charge in [0.25, 0.3) is 0 Å². The first-order valence-electron chi connectivity index (χ1n) is 4.42. The molecule has 0 aromatic carbocycles. The molecule has 4 saturated heterocycles. The Morgan fingerprint density at radius 3 is 1.91 bits per heavy atom. The third-order valence-corrected chi connectivity index (χ3v) is 3.77. The Morgan fingerprint density at radius 2 is 1.45 bits per heavy atom. The first kappa shape index (κ1) is 6.70. The van der Waals surface area contributed by atoms with Crippen LogP contribution < -0.4 is 0 Å². The molecule has 4 aliphatic heterocycles. The highest BCUT2D eigenvalue weighted by Gasteiger charge is 2.47. The lowest BCUT2D eigenvalue weighted by molar-refractivity contribution is -0.160. The Kier molecular flexibility index (Phi) is 1.29. The summed E-state index contributed by atoms with van der Waals surface area (Å²) >= 11 is 6.15. The Balaban J connectivity index is 1.91. The van der Waals surface area contributed by atoms with Crippen molar-refractivity contribution >= 4 is 11.8 Å². The smallest absolute Gasteiger partial charge is 0.0609 e. The van der Waals surface area contributed by atoms with Gasteiger partial charge in [-0.05, 0) is 37.5 Å². The zero-order valence-corrected chi connectivity index (χ0v) is 7.13. The largest absolute Gasteiger partial charge is 0.375 e. The standard InChI is InChI=1S/C8H12ClNO/c9-10-5-1-7-3-6(10)4-8(2-5)11-7/h5-8H,1-4H2. The van der Waals surface area contributed by atoms with Crippen molar-refractivity contribution in [1.82, 2.24) is 4.42 Å². The molecule has 0 aromatic heterocycles. The molecule has 0 atom stereocenters. The summed E-state index contributed by atoms with van der Waals surface area (Å²) in [4.78, 5) is 0. The highest BCUT2D eigenvalue weighted by atomic mass is 35.5. The topological polar surface area (TPSA) is 12.5 Å². The minimum absolute atomic E-state index is 0.535. The summed E-state index contributed by atoms with van der Waals surface area (Å²) in [6, 6.07) is 1.24. The molecular weight excluding hydrogens is 162 g/mol. The highest BCUT2D eigenvalue weighted by Crippen LogP contribution is 2.43. The Morgan fingerprint density at radius 1 is 1.00 bits per heavy atom. The van der Waals surface area contributed by atoms with E-state index in [9.17, 15) is 0 Å². The van der Waals surface area contributed by atoms with Gasteiger partial charge in [0.15, 0.2) is 0 Å². The molecule has 0 radical (unpaired) electrons. The molecular formula is C8H12ClNO. The molecule has 11 heavy (non-hydrogen) atoms. The van der Waals surface area contributed by atoms with Crippen molar-refractivity contribution in [2.75, 3.05) is 0 Å². The average molecular weight is 174 g/mol. The maximum atomic E-state index is 6.15. The lowest BCUT2D eigenvalue weighted by Crippen LogP contribution is -2.58. The van der Waals surface area contributed by atoms with E-state index < -0.39 is 0 Å². The van der Waals surface area contributed by atoms with Gasteiger partial charge in [-0.3, -0.25) is 0 Å². The van der Waals surface area contributed by atoms with E-state index in [0.29, 0.717) is 24.3 Å². The Bertz CT molecular complexity index is 157. The number of nitrogens with zero attached hydrogens (tertiary/aromatic N) is 1. The maximum Gasteiger partial charge on any atom is 0.0609 e. The van der Waals surface area contributed by atoms with Gasteiger partial charge in [-0.25, -0.2) is 4.42 Å². The molecule has 0 unspecified atom stereocenters. The molecule has 4 fully saturated rings. The van der Waals surface area contributed by atoms with Gasteiger partial charge in [0.1, 0.15) is 0 Å². The second-order valence-electron chi connectivity index (χ2n) is 3.97. The number of piperidine rings is 2. The lowest BCUT2D eigenvalue weighted by Gasteiger charge is -2.53. The molecule has 0 aliphatic carbocycles. The van der Waals surface area contributed by atoms with E-state index in [2.05, 4.69) is 4.42 Å². The third-order valence-electron chi connectivity index (χ3n) is 3.22. The Labute approximate surface area is 71.6 Å². The van der Waals surface area contributed by atoms with Crippen LogP contribution in [-0.2, 0) is 4.74 Å². The minimum Gasteiger partial charge on any atom is -0.375 e. The van der Waals surface area contributed by atoms with Crippen molar-refractivity contribution in [3.8, 4) is 0 Å². The van der Waals surface area contributed by atoms with Gasteiger partial charge >= 0.3 is 0 Å². The predicted octanol–water partition coefficient (Wildman–Crippen LogP) is 1.53. The van der Waals surface area contributed by atoms with Crippen molar-refractivity contribution in [1.29, 1.82) is 0 Å². The van der Waals surface area contributed by atoms with Gasteiger partial charge in [0, 0.05) is 12.1 Å². The van der Waals surface area contributed by atoms with Crippen LogP contribution in [0.1, 0.15) is 25.7 Å². The fraction of sp³-hybridized carbons (Fsp3) is 1.00. The number of ether oxygens (including phenoxy) is 1. The van der Waals surface area contributed by atoms with Gasteiger partial charge in [-0.1, -0.05) is 0 Å². The van der Waals surface area contributed by atoms with Gasteiger partial charge in [-0.2, -0.15) is 0 Å². The first-order valence-corrected chi connectivity index (χ1v) is 4.76. The molecule has 2 nitrogen and oxygen atoms in total. The van der Waals surface area contributed by atoms with E-state index in [4.69, 9.17) is 16.5 Å². The van der Waals surface area contributed by atoms with Crippen LogP contribution in [0, 0.1) is 0 Å². The summed E-state index contributed by atoms with van der Waals surface area (Å²) in [6.07, 6.45) is 5.72. The zero-order chi connectivity index (χ0) is 7.42. The van der Waals surface area contributed by atoms with Crippen LogP contribution in [0.2, 0.25) is 0 Å². The summed E-state index contributed by atoms with van der Waals surface area (Å²) in [6.45, 7) is 0. The minimum atomic E-state index is 0.535. The summed E-state index contributed by atoms with van der Waals surface area (Å²) < 4.78 is 7.84. The van der Waals surface area contributed by atoms with E-state index >= 15 is 0 Å². The fourth-order valence-corrected chi connectivity index (χ4v) is 3.11. The van der Waals surface area contributed by atoms with Crippen molar-refractivity contribution < 1.29 is 4.74 Å². The number of hydrogen-bond donors (Lipinski definition) is 0. The van der Waals surface area contributed by atoms with Crippen molar-refractivity contribution in [2.24, 2.45) is 0 Å². The third kappa shape index (κ3) is 0.865. The van der Waals surface area contributed by atoms with Crippen LogP contribution >= 0.6 is 11.8 Å². The van der Waals surface area contributed by atoms with Gasteiger partial charge < -0.3 is 4.74 Å². The summed E-state index contributed by atoms with van der Waals surface area (Å²) in [5.74, 6) is 0. The molecule has 4 bridgehead atoms. The summed E-state index contributed by atoms with van der Waals surface area (Å²) in [5, 5.41) is 0. The first-order chi connectivity index (χ1) is 5.33. The van der Waals surface area contributed by atoms with Crippen molar-refractivity contribution in [3.63, 3.8) is 0 Å². The molecule has 4 aliphatic rings.